The number of hydrogen-bond donors (Lipinski definition) is 2. The molecule has 23 heavy (non-hydrogen) atoms. The zero-order valence-corrected chi connectivity index (χ0v) is 12.7. The first-order chi connectivity index (χ1) is 10.7. The molecule has 2 atom stereocenters. The van der Waals surface area contributed by atoms with Gasteiger partial charge in [-0.2, -0.15) is 13.2 Å². The van der Waals surface area contributed by atoms with E-state index in [0.717, 1.165) is 32.5 Å². The number of carbonyl (C=O) groups is 2. The SMILES string of the molecule is COC(=O)CC[C@H]1CC[C@@]2(C=CCOC2)N1.O=C(O)C(F)(F)F. The molecule has 0 aromatic rings. The van der Waals surface area contributed by atoms with Gasteiger partial charge in [0.05, 0.1) is 25.9 Å². The highest BCUT2D eigenvalue weighted by molar-refractivity contribution is 5.73. The first-order valence-corrected chi connectivity index (χ1v) is 7.08. The fraction of sp³-hybridized carbons (Fsp3) is 0.714. The number of nitrogens with one attached hydrogen (secondary N) is 1. The van der Waals surface area contributed by atoms with E-state index in [1.54, 1.807) is 0 Å². The molecule has 1 fully saturated rings. The molecule has 0 aromatic carbocycles. The summed E-state index contributed by atoms with van der Waals surface area (Å²) in [6.07, 6.45) is 2.74. The van der Waals surface area contributed by atoms with Crippen molar-refractivity contribution in [2.45, 2.75) is 43.4 Å². The van der Waals surface area contributed by atoms with Crippen LogP contribution in [-0.2, 0) is 19.1 Å². The van der Waals surface area contributed by atoms with E-state index in [1.165, 1.54) is 7.11 Å². The lowest BCUT2D eigenvalue weighted by molar-refractivity contribution is -0.192. The van der Waals surface area contributed by atoms with Crippen LogP contribution in [0, 0.1) is 0 Å². The summed E-state index contributed by atoms with van der Waals surface area (Å²) in [5.41, 5.74) is 0.0268. The normalized spacial score (nSPS) is 26.5. The summed E-state index contributed by atoms with van der Waals surface area (Å²) in [5.74, 6) is -2.88. The molecule has 0 aromatic heterocycles. The zero-order valence-electron chi connectivity index (χ0n) is 12.7. The van der Waals surface area contributed by atoms with Crippen molar-refractivity contribution in [2.75, 3.05) is 20.3 Å². The Kier molecular flexibility index (Phi) is 7.01. The molecule has 2 aliphatic rings. The summed E-state index contributed by atoms with van der Waals surface area (Å²) < 4.78 is 41.8. The van der Waals surface area contributed by atoms with E-state index in [-0.39, 0.29) is 11.5 Å². The van der Waals surface area contributed by atoms with Crippen LogP contribution in [0.4, 0.5) is 13.2 Å². The second-order valence-electron chi connectivity index (χ2n) is 5.37. The minimum absolute atomic E-state index is 0.0268. The van der Waals surface area contributed by atoms with Crippen molar-refractivity contribution in [2.24, 2.45) is 0 Å². The number of carboxylic acids is 1. The zero-order chi connectivity index (χ0) is 17.5. The molecule has 6 nitrogen and oxygen atoms in total. The fourth-order valence-corrected chi connectivity index (χ4v) is 2.47. The Labute approximate surface area is 131 Å². The van der Waals surface area contributed by atoms with Crippen molar-refractivity contribution in [3.63, 3.8) is 0 Å². The first-order valence-electron chi connectivity index (χ1n) is 7.08. The van der Waals surface area contributed by atoms with E-state index in [2.05, 4.69) is 22.2 Å². The van der Waals surface area contributed by atoms with Gasteiger partial charge >= 0.3 is 18.1 Å². The molecule has 2 N–H and O–H groups in total. The molecule has 1 saturated heterocycles. The minimum atomic E-state index is -5.08. The third-order valence-corrected chi connectivity index (χ3v) is 3.61. The molecule has 0 amide bonds. The van der Waals surface area contributed by atoms with Crippen LogP contribution in [0.25, 0.3) is 0 Å². The predicted molar refractivity (Wildman–Crippen MR) is 73.8 cm³/mol. The molecule has 2 rings (SSSR count). The molecular formula is C14H20F3NO5. The van der Waals surface area contributed by atoms with Gasteiger partial charge in [0.2, 0.25) is 0 Å². The van der Waals surface area contributed by atoms with E-state index in [9.17, 15) is 18.0 Å². The Morgan fingerprint density at radius 3 is 2.61 bits per heavy atom. The number of carboxylic acid groups (broad SMARTS) is 1. The molecule has 1 spiro atoms. The molecule has 0 saturated carbocycles. The van der Waals surface area contributed by atoms with Crippen molar-refractivity contribution in [3.8, 4) is 0 Å². The van der Waals surface area contributed by atoms with Crippen LogP contribution in [0.2, 0.25) is 0 Å². The largest absolute Gasteiger partial charge is 0.490 e. The van der Waals surface area contributed by atoms with Crippen LogP contribution in [-0.4, -0.2) is 55.1 Å². The lowest BCUT2D eigenvalue weighted by Gasteiger charge is -2.29. The number of carbonyl (C=O) groups excluding carboxylic acids is 1. The van der Waals surface area contributed by atoms with Gasteiger partial charge in [0.1, 0.15) is 0 Å². The number of aliphatic carboxylic acids is 1. The Morgan fingerprint density at radius 1 is 1.48 bits per heavy atom. The van der Waals surface area contributed by atoms with E-state index in [0.29, 0.717) is 12.5 Å². The van der Waals surface area contributed by atoms with E-state index in [4.69, 9.17) is 14.6 Å². The van der Waals surface area contributed by atoms with Crippen LogP contribution in [0.15, 0.2) is 12.2 Å². The third kappa shape index (κ3) is 6.57. The summed E-state index contributed by atoms with van der Waals surface area (Å²) in [5, 5.41) is 10.7. The Balaban J connectivity index is 0.000000322. The highest BCUT2D eigenvalue weighted by Crippen LogP contribution is 2.29. The number of hydrogen-bond acceptors (Lipinski definition) is 5. The average molecular weight is 339 g/mol. The van der Waals surface area contributed by atoms with Gasteiger partial charge in [0.15, 0.2) is 0 Å². The molecule has 132 valence electrons. The fourth-order valence-electron chi connectivity index (χ4n) is 2.47. The van der Waals surface area contributed by atoms with E-state index >= 15 is 0 Å². The predicted octanol–water partition coefficient (Wildman–Crippen LogP) is 1.65. The molecule has 0 aliphatic carbocycles. The maximum atomic E-state index is 11.0. The van der Waals surface area contributed by atoms with Crippen molar-refractivity contribution in [3.05, 3.63) is 12.2 Å². The number of ether oxygens (including phenoxy) is 2. The first kappa shape index (κ1) is 19.4. The van der Waals surface area contributed by atoms with Gasteiger partial charge in [-0.05, 0) is 19.3 Å². The van der Waals surface area contributed by atoms with Gasteiger partial charge in [-0.25, -0.2) is 4.79 Å². The molecule has 9 heteroatoms. The topological polar surface area (TPSA) is 84.9 Å². The van der Waals surface area contributed by atoms with Crippen molar-refractivity contribution >= 4 is 11.9 Å². The molecule has 2 aliphatic heterocycles. The number of halogens is 3. The second kappa shape index (κ2) is 8.30. The van der Waals surface area contributed by atoms with Crippen molar-refractivity contribution < 1.29 is 37.3 Å². The number of alkyl halides is 3. The molecule has 0 unspecified atom stereocenters. The highest BCUT2D eigenvalue weighted by Gasteiger charge is 2.38. The summed E-state index contributed by atoms with van der Waals surface area (Å²) in [4.78, 5) is 19.9. The van der Waals surface area contributed by atoms with Gasteiger partial charge in [-0.15, -0.1) is 0 Å². The molecule has 2 heterocycles. The monoisotopic (exact) mass is 339 g/mol. The Morgan fingerprint density at radius 2 is 2.13 bits per heavy atom. The van der Waals surface area contributed by atoms with Crippen LogP contribution >= 0.6 is 0 Å². The second-order valence-corrected chi connectivity index (χ2v) is 5.37. The van der Waals surface area contributed by atoms with Crippen LogP contribution < -0.4 is 5.32 Å². The highest BCUT2D eigenvalue weighted by atomic mass is 19.4. The molecular weight excluding hydrogens is 319 g/mol. The summed E-state index contributed by atoms with van der Waals surface area (Å²) in [6, 6.07) is 0.408. The van der Waals surface area contributed by atoms with Crippen molar-refractivity contribution in [1.29, 1.82) is 0 Å². The van der Waals surface area contributed by atoms with Gasteiger partial charge in [0.25, 0.3) is 0 Å². The van der Waals surface area contributed by atoms with E-state index < -0.39 is 12.1 Å². The van der Waals surface area contributed by atoms with Gasteiger partial charge in [-0.1, -0.05) is 12.2 Å². The third-order valence-electron chi connectivity index (χ3n) is 3.61. The standard InChI is InChI=1S/C12H19NO3.C2HF3O2/c1-15-11(14)4-3-10-5-7-12(13-10)6-2-8-16-9-12;3-2(4,5)1(6)7/h2,6,10,13H,3-5,7-9H2,1H3;(H,6,7)/t10-,12+;/m0./s1. The van der Waals surface area contributed by atoms with E-state index in [1.807, 2.05) is 0 Å². The van der Waals surface area contributed by atoms with Crippen molar-refractivity contribution in [1.82, 2.24) is 5.32 Å². The smallest absolute Gasteiger partial charge is 0.475 e. The van der Waals surface area contributed by atoms with Crippen LogP contribution in [0.1, 0.15) is 25.7 Å². The summed E-state index contributed by atoms with van der Waals surface area (Å²) >= 11 is 0. The van der Waals surface area contributed by atoms with Crippen LogP contribution in [0.5, 0.6) is 0 Å². The van der Waals surface area contributed by atoms with Crippen LogP contribution in [0.3, 0.4) is 0 Å². The lowest BCUT2D eigenvalue weighted by atomic mass is 9.97. The minimum Gasteiger partial charge on any atom is -0.475 e. The Bertz CT molecular complexity index is 452. The molecule has 0 bridgehead atoms. The van der Waals surface area contributed by atoms with Gasteiger partial charge in [-0.3, -0.25) is 4.79 Å². The lowest BCUT2D eigenvalue weighted by Crippen LogP contribution is -2.47. The number of methoxy groups -OCH3 is 1. The maximum Gasteiger partial charge on any atom is 0.490 e. The number of rotatable bonds is 3. The Hall–Kier alpha value is -1.61. The van der Waals surface area contributed by atoms with Gasteiger partial charge in [0, 0.05) is 12.5 Å². The summed E-state index contributed by atoms with van der Waals surface area (Å²) in [6.45, 7) is 1.47. The van der Waals surface area contributed by atoms with Gasteiger partial charge < -0.3 is 19.9 Å². The maximum absolute atomic E-state index is 11.0. The average Bonchev–Trinajstić information content (AvgIpc) is 2.88. The molecule has 0 radical (unpaired) electrons. The summed E-state index contributed by atoms with van der Waals surface area (Å²) in [7, 11) is 1.43. The quantitative estimate of drug-likeness (QED) is 0.601. The number of esters is 1.